The molecule has 1 aliphatic heterocycles. The van der Waals surface area contributed by atoms with E-state index in [2.05, 4.69) is 23.2 Å². The lowest BCUT2D eigenvalue weighted by Gasteiger charge is -2.31. The molecule has 1 N–H and O–H groups in total. The first-order chi connectivity index (χ1) is 6.33. The SMILES string of the molecule is CC1CN(CCCCC#N)CCN1. The molecule has 0 bridgehead atoms. The van der Waals surface area contributed by atoms with E-state index in [0.717, 1.165) is 32.6 Å². The normalized spacial score (nSPS) is 24.2. The molecule has 0 amide bonds. The Morgan fingerprint density at radius 3 is 3.08 bits per heavy atom. The molecule has 0 saturated carbocycles. The summed E-state index contributed by atoms with van der Waals surface area (Å²) in [5.74, 6) is 0. The maximum atomic E-state index is 8.37. The van der Waals surface area contributed by atoms with Gasteiger partial charge in [0.25, 0.3) is 0 Å². The average molecular weight is 181 g/mol. The predicted molar refractivity (Wildman–Crippen MR) is 53.4 cm³/mol. The summed E-state index contributed by atoms with van der Waals surface area (Å²) in [6, 6.07) is 2.81. The summed E-state index contributed by atoms with van der Waals surface area (Å²) >= 11 is 0. The first-order valence-electron chi connectivity index (χ1n) is 5.15. The first-order valence-corrected chi connectivity index (χ1v) is 5.15. The van der Waals surface area contributed by atoms with Crippen LogP contribution in [0.25, 0.3) is 0 Å². The molecule has 74 valence electrons. The van der Waals surface area contributed by atoms with Crippen LogP contribution in [0, 0.1) is 11.3 Å². The Morgan fingerprint density at radius 2 is 2.38 bits per heavy atom. The fraction of sp³-hybridized carbons (Fsp3) is 0.900. The maximum absolute atomic E-state index is 8.37. The van der Waals surface area contributed by atoms with E-state index in [1.807, 2.05) is 0 Å². The van der Waals surface area contributed by atoms with Gasteiger partial charge in [-0.15, -0.1) is 0 Å². The van der Waals surface area contributed by atoms with Crippen molar-refractivity contribution in [2.24, 2.45) is 0 Å². The first kappa shape index (κ1) is 10.5. The van der Waals surface area contributed by atoms with Crippen LogP contribution in [0.3, 0.4) is 0 Å². The molecular weight excluding hydrogens is 162 g/mol. The van der Waals surface area contributed by atoms with Crippen LogP contribution in [0.5, 0.6) is 0 Å². The summed E-state index contributed by atoms with van der Waals surface area (Å²) in [7, 11) is 0. The smallest absolute Gasteiger partial charge is 0.0621 e. The van der Waals surface area contributed by atoms with Crippen LogP contribution in [-0.2, 0) is 0 Å². The number of hydrogen-bond donors (Lipinski definition) is 1. The number of nitriles is 1. The number of piperazine rings is 1. The third kappa shape index (κ3) is 4.25. The third-order valence-corrected chi connectivity index (χ3v) is 2.47. The van der Waals surface area contributed by atoms with Crippen LogP contribution in [0.15, 0.2) is 0 Å². The van der Waals surface area contributed by atoms with E-state index in [9.17, 15) is 0 Å². The van der Waals surface area contributed by atoms with E-state index in [0.29, 0.717) is 12.5 Å². The largest absolute Gasteiger partial charge is 0.312 e. The molecule has 3 heteroatoms. The van der Waals surface area contributed by atoms with Gasteiger partial charge in [-0.1, -0.05) is 0 Å². The molecule has 13 heavy (non-hydrogen) atoms. The molecular formula is C10H19N3. The van der Waals surface area contributed by atoms with E-state index >= 15 is 0 Å². The van der Waals surface area contributed by atoms with Crippen molar-refractivity contribution < 1.29 is 0 Å². The lowest BCUT2D eigenvalue weighted by Crippen LogP contribution is -2.49. The van der Waals surface area contributed by atoms with Gasteiger partial charge in [-0.05, 0) is 26.3 Å². The lowest BCUT2D eigenvalue weighted by molar-refractivity contribution is 0.204. The van der Waals surface area contributed by atoms with Crippen molar-refractivity contribution in [3.05, 3.63) is 0 Å². The molecule has 1 aliphatic rings. The van der Waals surface area contributed by atoms with Gasteiger partial charge in [0.05, 0.1) is 6.07 Å². The summed E-state index contributed by atoms with van der Waals surface area (Å²) in [4.78, 5) is 2.48. The van der Waals surface area contributed by atoms with Crippen LogP contribution in [-0.4, -0.2) is 37.1 Å². The molecule has 0 aromatic heterocycles. The molecule has 0 aromatic carbocycles. The van der Waals surface area contributed by atoms with E-state index in [1.165, 1.54) is 6.42 Å². The maximum Gasteiger partial charge on any atom is 0.0621 e. The van der Waals surface area contributed by atoms with Crippen molar-refractivity contribution in [2.75, 3.05) is 26.2 Å². The summed E-state index contributed by atoms with van der Waals surface area (Å²) in [6.07, 6.45) is 2.93. The third-order valence-electron chi connectivity index (χ3n) is 2.47. The van der Waals surface area contributed by atoms with Crippen molar-refractivity contribution >= 4 is 0 Å². The molecule has 0 aromatic rings. The van der Waals surface area contributed by atoms with Gasteiger partial charge in [-0.2, -0.15) is 5.26 Å². The number of nitrogens with zero attached hydrogens (tertiary/aromatic N) is 2. The number of unbranched alkanes of at least 4 members (excludes halogenated alkanes) is 2. The predicted octanol–water partition coefficient (Wildman–Crippen LogP) is 0.974. The van der Waals surface area contributed by atoms with Crippen molar-refractivity contribution in [3.63, 3.8) is 0 Å². The van der Waals surface area contributed by atoms with Gasteiger partial charge in [0.15, 0.2) is 0 Å². The van der Waals surface area contributed by atoms with Crippen molar-refractivity contribution in [3.8, 4) is 6.07 Å². The molecule has 1 atom stereocenters. The van der Waals surface area contributed by atoms with Gasteiger partial charge in [-0.3, -0.25) is 0 Å². The van der Waals surface area contributed by atoms with Gasteiger partial charge >= 0.3 is 0 Å². The molecule has 1 unspecified atom stereocenters. The Hall–Kier alpha value is -0.590. The molecule has 1 saturated heterocycles. The number of hydrogen-bond acceptors (Lipinski definition) is 3. The Kier molecular flexibility index (Phi) is 4.81. The highest BCUT2D eigenvalue weighted by atomic mass is 15.2. The van der Waals surface area contributed by atoms with Crippen LogP contribution in [0.2, 0.25) is 0 Å². The molecule has 1 rings (SSSR count). The quantitative estimate of drug-likeness (QED) is 0.657. The van der Waals surface area contributed by atoms with Gasteiger partial charge in [0, 0.05) is 32.1 Å². The molecule has 0 radical (unpaired) electrons. The Bertz CT molecular complexity index is 173. The molecule has 0 spiro atoms. The van der Waals surface area contributed by atoms with Gasteiger partial charge in [-0.25, -0.2) is 0 Å². The Labute approximate surface area is 80.7 Å². The van der Waals surface area contributed by atoms with E-state index in [4.69, 9.17) is 5.26 Å². The minimum absolute atomic E-state index is 0.629. The molecule has 1 heterocycles. The molecule has 0 aliphatic carbocycles. The van der Waals surface area contributed by atoms with E-state index in [1.54, 1.807) is 0 Å². The van der Waals surface area contributed by atoms with Gasteiger partial charge in [0.1, 0.15) is 0 Å². The summed E-state index contributed by atoms with van der Waals surface area (Å²) in [6.45, 7) is 6.82. The second-order valence-electron chi connectivity index (χ2n) is 3.77. The molecule has 3 nitrogen and oxygen atoms in total. The monoisotopic (exact) mass is 181 g/mol. The number of rotatable bonds is 4. The van der Waals surface area contributed by atoms with Crippen LogP contribution < -0.4 is 5.32 Å². The topological polar surface area (TPSA) is 39.1 Å². The zero-order valence-corrected chi connectivity index (χ0v) is 8.42. The Balaban J connectivity index is 2.04. The zero-order chi connectivity index (χ0) is 9.52. The highest BCUT2D eigenvalue weighted by Gasteiger charge is 2.14. The van der Waals surface area contributed by atoms with E-state index < -0.39 is 0 Å². The standard InChI is InChI=1S/C10H19N3/c1-10-9-13(8-6-12-10)7-4-2-3-5-11/h10,12H,2-4,6-9H2,1H3. The van der Waals surface area contributed by atoms with Crippen LogP contribution >= 0.6 is 0 Å². The summed E-state index contributed by atoms with van der Waals surface area (Å²) < 4.78 is 0. The van der Waals surface area contributed by atoms with E-state index in [-0.39, 0.29) is 0 Å². The number of nitrogens with one attached hydrogen (secondary N) is 1. The molecule has 1 fully saturated rings. The van der Waals surface area contributed by atoms with Gasteiger partial charge in [0.2, 0.25) is 0 Å². The van der Waals surface area contributed by atoms with Gasteiger partial charge < -0.3 is 10.2 Å². The highest BCUT2D eigenvalue weighted by Crippen LogP contribution is 2.02. The fourth-order valence-electron chi connectivity index (χ4n) is 1.75. The second kappa shape index (κ2) is 5.95. The fourth-order valence-corrected chi connectivity index (χ4v) is 1.75. The van der Waals surface area contributed by atoms with Crippen molar-refractivity contribution in [1.82, 2.24) is 10.2 Å². The van der Waals surface area contributed by atoms with Crippen LogP contribution in [0.1, 0.15) is 26.2 Å². The summed E-state index contributed by atoms with van der Waals surface area (Å²) in [5, 5.41) is 11.8. The van der Waals surface area contributed by atoms with Crippen LogP contribution in [0.4, 0.5) is 0 Å². The Morgan fingerprint density at radius 1 is 1.54 bits per heavy atom. The second-order valence-corrected chi connectivity index (χ2v) is 3.77. The zero-order valence-electron chi connectivity index (χ0n) is 8.42. The average Bonchev–Trinajstić information content (AvgIpc) is 2.13. The minimum Gasteiger partial charge on any atom is -0.312 e. The van der Waals surface area contributed by atoms with Crippen molar-refractivity contribution in [2.45, 2.75) is 32.2 Å². The summed E-state index contributed by atoms with van der Waals surface area (Å²) in [5.41, 5.74) is 0. The lowest BCUT2D eigenvalue weighted by atomic mass is 10.2. The highest BCUT2D eigenvalue weighted by molar-refractivity contribution is 4.75. The van der Waals surface area contributed by atoms with Crippen molar-refractivity contribution in [1.29, 1.82) is 5.26 Å². The minimum atomic E-state index is 0.629.